The minimum atomic E-state index is -0.178. The Labute approximate surface area is 121 Å². The molecule has 0 aliphatic carbocycles. The third-order valence-corrected chi connectivity index (χ3v) is 3.76. The molecule has 0 aliphatic rings. The highest BCUT2D eigenvalue weighted by atomic mass is 35.5. The monoisotopic (exact) mass is 291 g/mol. The molecule has 2 nitrogen and oxygen atoms in total. The van der Waals surface area contributed by atoms with E-state index in [1.807, 2.05) is 43.5 Å². The topological polar surface area (TPSA) is 29.1 Å². The molecule has 0 atom stereocenters. The summed E-state index contributed by atoms with van der Waals surface area (Å²) < 4.78 is 0. The average molecular weight is 292 g/mol. The highest BCUT2D eigenvalue weighted by molar-refractivity contribution is 7.10. The molecular formula is C15H14ClNOS. The Morgan fingerprint density at radius 2 is 2.16 bits per heavy atom. The third-order valence-electron chi connectivity index (χ3n) is 2.62. The van der Waals surface area contributed by atoms with Crippen molar-refractivity contribution in [2.24, 2.45) is 0 Å². The maximum atomic E-state index is 11.8. The number of hydrogen-bond donors (Lipinski definition) is 1. The number of anilines is 1. The van der Waals surface area contributed by atoms with Crippen LogP contribution in [-0.4, -0.2) is 5.91 Å². The molecule has 0 unspecified atom stereocenters. The highest BCUT2D eigenvalue weighted by Gasteiger charge is 2.07. The Morgan fingerprint density at radius 1 is 1.37 bits per heavy atom. The molecule has 1 amide bonds. The van der Waals surface area contributed by atoms with E-state index in [0.29, 0.717) is 10.7 Å². The number of amides is 1. The molecule has 98 valence electrons. The minimum Gasteiger partial charge on any atom is -0.321 e. The first-order chi connectivity index (χ1) is 9.06. The second-order valence-electron chi connectivity index (χ2n) is 4.28. The van der Waals surface area contributed by atoms with E-state index in [0.717, 1.165) is 16.0 Å². The van der Waals surface area contributed by atoms with Crippen LogP contribution in [0.4, 0.5) is 5.69 Å². The molecule has 0 aliphatic heterocycles. The number of halogens is 1. The van der Waals surface area contributed by atoms with E-state index < -0.39 is 0 Å². The molecule has 0 spiro atoms. The van der Waals surface area contributed by atoms with Gasteiger partial charge < -0.3 is 5.32 Å². The lowest BCUT2D eigenvalue weighted by molar-refractivity contribution is -0.111. The van der Waals surface area contributed by atoms with E-state index >= 15 is 0 Å². The van der Waals surface area contributed by atoms with Gasteiger partial charge in [-0.25, -0.2) is 0 Å². The molecule has 0 bridgehead atoms. The average Bonchev–Trinajstić information content (AvgIpc) is 2.84. The Balaban J connectivity index is 2.11. The number of aryl methyl sites for hydroxylation is 2. The molecule has 0 saturated carbocycles. The van der Waals surface area contributed by atoms with Gasteiger partial charge in [0.2, 0.25) is 5.91 Å². The van der Waals surface area contributed by atoms with Crippen LogP contribution in [0.2, 0.25) is 5.02 Å². The number of carbonyl (C=O) groups excluding carboxylic acids is 1. The highest BCUT2D eigenvalue weighted by Crippen LogP contribution is 2.27. The van der Waals surface area contributed by atoms with Crippen molar-refractivity contribution in [3.63, 3.8) is 0 Å². The Bertz CT molecular complexity index is 594. The summed E-state index contributed by atoms with van der Waals surface area (Å²) in [5.74, 6) is -0.178. The molecule has 0 saturated heterocycles. The third kappa shape index (κ3) is 3.69. The van der Waals surface area contributed by atoms with Crippen molar-refractivity contribution >= 4 is 40.6 Å². The van der Waals surface area contributed by atoms with Gasteiger partial charge in [-0.2, -0.15) is 0 Å². The van der Waals surface area contributed by atoms with Crippen LogP contribution in [-0.2, 0) is 4.79 Å². The summed E-state index contributed by atoms with van der Waals surface area (Å²) in [4.78, 5) is 12.9. The fourth-order valence-electron chi connectivity index (χ4n) is 1.78. The Hall–Kier alpha value is -1.58. The standard InChI is InChI=1S/C15H14ClNOS/c1-10-8-11(2)15(13(16)9-10)17-14(18)6-5-12-4-3-7-19-12/h3-9H,1-2H3,(H,17,18)/b6-5+. The maximum absolute atomic E-state index is 11.8. The van der Waals surface area contributed by atoms with Crippen LogP contribution >= 0.6 is 22.9 Å². The first kappa shape index (κ1) is 13.8. The molecule has 1 aromatic heterocycles. The molecule has 4 heteroatoms. The van der Waals surface area contributed by atoms with Gasteiger partial charge in [0.15, 0.2) is 0 Å². The molecule has 0 radical (unpaired) electrons. The number of rotatable bonds is 3. The summed E-state index contributed by atoms with van der Waals surface area (Å²) >= 11 is 7.73. The molecule has 0 fully saturated rings. The number of nitrogens with one attached hydrogen (secondary N) is 1. The van der Waals surface area contributed by atoms with Crippen molar-refractivity contribution in [2.75, 3.05) is 5.32 Å². The van der Waals surface area contributed by atoms with Gasteiger partial charge in [-0.15, -0.1) is 11.3 Å². The van der Waals surface area contributed by atoms with Gasteiger partial charge in [0.1, 0.15) is 0 Å². The molecule has 2 rings (SSSR count). The number of benzene rings is 1. The first-order valence-electron chi connectivity index (χ1n) is 5.85. The smallest absolute Gasteiger partial charge is 0.248 e. The van der Waals surface area contributed by atoms with Crippen molar-refractivity contribution in [2.45, 2.75) is 13.8 Å². The summed E-state index contributed by atoms with van der Waals surface area (Å²) in [6, 6.07) is 7.74. The van der Waals surface area contributed by atoms with Crippen LogP contribution in [0.3, 0.4) is 0 Å². The first-order valence-corrected chi connectivity index (χ1v) is 7.11. The lowest BCUT2D eigenvalue weighted by Crippen LogP contribution is -2.09. The summed E-state index contributed by atoms with van der Waals surface area (Å²) in [7, 11) is 0. The number of thiophene rings is 1. The number of hydrogen-bond acceptors (Lipinski definition) is 2. The molecule has 1 N–H and O–H groups in total. The van der Waals surface area contributed by atoms with Crippen molar-refractivity contribution in [3.05, 3.63) is 56.7 Å². The van der Waals surface area contributed by atoms with Crippen molar-refractivity contribution in [1.29, 1.82) is 0 Å². The maximum Gasteiger partial charge on any atom is 0.248 e. The molecular weight excluding hydrogens is 278 g/mol. The van der Waals surface area contributed by atoms with Crippen LogP contribution in [0.15, 0.2) is 35.7 Å². The van der Waals surface area contributed by atoms with E-state index in [2.05, 4.69) is 5.32 Å². The van der Waals surface area contributed by atoms with Crippen LogP contribution in [0, 0.1) is 13.8 Å². The zero-order valence-electron chi connectivity index (χ0n) is 10.7. The molecule has 2 aromatic rings. The van der Waals surface area contributed by atoms with E-state index in [1.165, 1.54) is 6.08 Å². The van der Waals surface area contributed by atoms with E-state index in [-0.39, 0.29) is 5.91 Å². The summed E-state index contributed by atoms with van der Waals surface area (Å²) in [6.45, 7) is 3.90. The van der Waals surface area contributed by atoms with Crippen molar-refractivity contribution < 1.29 is 4.79 Å². The Kier molecular flexibility index (Phi) is 4.40. The van der Waals surface area contributed by atoms with E-state index in [4.69, 9.17) is 11.6 Å². The van der Waals surface area contributed by atoms with Gasteiger partial charge in [0.05, 0.1) is 10.7 Å². The van der Waals surface area contributed by atoms with Crippen LogP contribution in [0.5, 0.6) is 0 Å². The van der Waals surface area contributed by atoms with Crippen molar-refractivity contribution in [3.8, 4) is 0 Å². The molecule has 19 heavy (non-hydrogen) atoms. The predicted molar refractivity (Wildman–Crippen MR) is 82.9 cm³/mol. The number of carbonyl (C=O) groups is 1. The molecule has 1 aromatic carbocycles. The van der Waals surface area contributed by atoms with Crippen LogP contribution in [0.1, 0.15) is 16.0 Å². The zero-order chi connectivity index (χ0) is 13.8. The SMILES string of the molecule is Cc1cc(C)c(NC(=O)/C=C/c2cccs2)c(Cl)c1. The van der Waals surface area contributed by atoms with Gasteiger partial charge in [-0.05, 0) is 48.6 Å². The van der Waals surface area contributed by atoms with Gasteiger partial charge in [0.25, 0.3) is 0 Å². The van der Waals surface area contributed by atoms with Crippen molar-refractivity contribution in [1.82, 2.24) is 0 Å². The predicted octanol–water partition coefficient (Wildman–Crippen LogP) is 4.67. The quantitative estimate of drug-likeness (QED) is 0.818. The fourth-order valence-corrected chi connectivity index (χ4v) is 2.77. The van der Waals surface area contributed by atoms with E-state index in [1.54, 1.807) is 17.4 Å². The van der Waals surface area contributed by atoms with Gasteiger partial charge in [-0.1, -0.05) is 23.7 Å². The lowest BCUT2D eigenvalue weighted by Gasteiger charge is -2.09. The van der Waals surface area contributed by atoms with E-state index in [9.17, 15) is 4.79 Å². The normalized spacial score (nSPS) is 10.9. The second kappa shape index (κ2) is 6.04. The summed E-state index contributed by atoms with van der Waals surface area (Å²) in [5, 5.41) is 5.35. The lowest BCUT2D eigenvalue weighted by atomic mass is 10.1. The largest absolute Gasteiger partial charge is 0.321 e. The van der Waals surface area contributed by atoms with Crippen LogP contribution < -0.4 is 5.32 Å². The zero-order valence-corrected chi connectivity index (χ0v) is 12.3. The summed E-state index contributed by atoms with van der Waals surface area (Å²) in [6.07, 6.45) is 3.30. The van der Waals surface area contributed by atoms with Crippen LogP contribution in [0.25, 0.3) is 6.08 Å². The minimum absolute atomic E-state index is 0.178. The second-order valence-corrected chi connectivity index (χ2v) is 5.66. The van der Waals surface area contributed by atoms with Gasteiger partial charge in [0, 0.05) is 11.0 Å². The van der Waals surface area contributed by atoms with Gasteiger partial charge in [-0.3, -0.25) is 4.79 Å². The molecule has 1 heterocycles. The fraction of sp³-hybridized carbons (Fsp3) is 0.133. The summed E-state index contributed by atoms with van der Waals surface area (Å²) in [5.41, 5.74) is 2.71. The Morgan fingerprint density at radius 3 is 2.79 bits per heavy atom. The van der Waals surface area contributed by atoms with Gasteiger partial charge >= 0.3 is 0 Å².